The Morgan fingerprint density at radius 3 is 2.69 bits per heavy atom. The van der Waals surface area contributed by atoms with Crippen molar-refractivity contribution in [3.8, 4) is 5.69 Å². The van der Waals surface area contributed by atoms with Gasteiger partial charge in [0.25, 0.3) is 5.91 Å². The van der Waals surface area contributed by atoms with Crippen LogP contribution in [-0.4, -0.2) is 21.4 Å². The number of amides is 1. The quantitative estimate of drug-likeness (QED) is 0.441. The summed E-state index contributed by atoms with van der Waals surface area (Å²) in [4.78, 5) is 20.2. The molecule has 6 nitrogen and oxygen atoms in total. The minimum Gasteiger partial charge on any atom is -0.370 e. The van der Waals surface area contributed by atoms with Gasteiger partial charge in [-0.2, -0.15) is 4.99 Å². The summed E-state index contributed by atoms with van der Waals surface area (Å²) in [6.45, 7) is 0. The molecular weight excluding hydrogens is 326 g/mol. The highest BCUT2D eigenvalue weighted by molar-refractivity contribution is 5.96. The average Bonchev–Trinajstić information content (AvgIpc) is 2.99. The van der Waals surface area contributed by atoms with Crippen molar-refractivity contribution >= 4 is 33.7 Å². The van der Waals surface area contributed by atoms with Gasteiger partial charge in [-0.25, -0.2) is 0 Å². The summed E-state index contributed by atoms with van der Waals surface area (Å²) in [5.74, 6) is -0.596. The van der Waals surface area contributed by atoms with Crippen LogP contribution in [0.15, 0.2) is 72.0 Å². The number of fused-ring (bicyclic) bond motifs is 2. The number of hydrogen-bond acceptors (Lipinski definition) is 2. The first-order valence-corrected chi connectivity index (χ1v) is 8.19. The molecule has 0 saturated carbocycles. The van der Waals surface area contributed by atoms with Crippen LogP contribution in [0.5, 0.6) is 0 Å². The number of carbonyl (C=O) groups is 1. The third-order valence-electron chi connectivity index (χ3n) is 4.26. The molecule has 0 saturated heterocycles. The molecule has 0 fully saturated rings. The van der Waals surface area contributed by atoms with E-state index in [2.05, 4.69) is 14.5 Å². The van der Waals surface area contributed by atoms with Crippen molar-refractivity contribution in [3.63, 3.8) is 0 Å². The molecule has 2 aromatic carbocycles. The number of benzene rings is 2. The Bertz CT molecular complexity index is 1150. The first-order valence-electron chi connectivity index (χ1n) is 8.19. The fraction of sp³-hybridized carbons (Fsp3) is 0.0500. The predicted molar refractivity (Wildman–Crippen MR) is 103 cm³/mol. The maximum absolute atomic E-state index is 12.1. The molecule has 4 aromatic rings. The van der Waals surface area contributed by atoms with Crippen LogP contribution in [0.25, 0.3) is 27.5 Å². The lowest BCUT2D eigenvalue weighted by atomic mass is 10.1. The van der Waals surface area contributed by atoms with Crippen LogP contribution >= 0.6 is 0 Å². The van der Waals surface area contributed by atoms with Gasteiger partial charge in [-0.1, -0.05) is 36.4 Å². The molecule has 1 amide bonds. The standard InChI is InChI=1S/C20H17N5O/c21-20(22)24-18(26)11-14-12-25(16-8-2-1-7-15(14)16)17-9-3-5-13-6-4-10-23-19(13)17/h1-10,12H,11H2,(H4,21,22,24,26). The maximum Gasteiger partial charge on any atom is 0.253 e. The SMILES string of the molecule is NC(N)=NC(=O)Cc1cn(-c2cccc3cccnc23)c2ccccc12. The number of nitrogens with two attached hydrogens (primary N) is 2. The normalized spacial score (nSPS) is 10.9. The van der Waals surface area contributed by atoms with Gasteiger partial charge in [-0.3, -0.25) is 9.78 Å². The third kappa shape index (κ3) is 2.77. The highest BCUT2D eigenvalue weighted by Crippen LogP contribution is 2.28. The molecule has 26 heavy (non-hydrogen) atoms. The highest BCUT2D eigenvalue weighted by atomic mass is 16.1. The number of aliphatic imine (C=N–C) groups is 1. The minimum absolute atomic E-state index is 0.129. The van der Waals surface area contributed by atoms with E-state index in [1.54, 1.807) is 6.20 Å². The number of carbonyl (C=O) groups excluding carboxylic acids is 1. The molecule has 0 spiro atoms. The lowest BCUT2D eigenvalue weighted by Crippen LogP contribution is -2.24. The topological polar surface area (TPSA) is 99.3 Å². The largest absolute Gasteiger partial charge is 0.370 e. The Labute approximate surface area is 149 Å². The van der Waals surface area contributed by atoms with Crippen LogP contribution in [-0.2, 0) is 11.2 Å². The van der Waals surface area contributed by atoms with Gasteiger partial charge in [-0.15, -0.1) is 0 Å². The molecule has 0 unspecified atom stereocenters. The van der Waals surface area contributed by atoms with Crippen molar-refractivity contribution in [1.29, 1.82) is 0 Å². The molecule has 0 radical (unpaired) electrons. The Kier molecular flexibility index (Phi) is 3.85. The fourth-order valence-electron chi connectivity index (χ4n) is 3.22. The minimum atomic E-state index is -0.371. The van der Waals surface area contributed by atoms with Crippen molar-refractivity contribution in [2.75, 3.05) is 0 Å². The Balaban J connectivity index is 1.91. The van der Waals surface area contributed by atoms with E-state index in [0.29, 0.717) is 0 Å². The maximum atomic E-state index is 12.1. The first kappa shape index (κ1) is 15.8. The summed E-state index contributed by atoms with van der Waals surface area (Å²) < 4.78 is 2.06. The lowest BCUT2D eigenvalue weighted by molar-refractivity contribution is -0.117. The van der Waals surface area contributed by atoms with E-state index >= 15 is 0 Å². The van der Waals surface area contributed by atoms with Crippen molar-refractivity contribution in [2.24, 2.45) is 16.5 Å². The lowest BCUT2D eigenvalue weighted by Gasteiger charge is -2.08. The molecule has 6 heteroatoms. The number of nitrogens with zero attached hydrogens (tertiary/aromatic N) is 3. The number of guanidine groups is 1. The van der Waals surface area contributed by atoms with Crippen molar-refractivity contribution < 1.29 is 4.79 Å². The molecule has 2 heterocycles. The predicted octanol–water partition coefficient (Wildman–Crippen LogP) is 2.52. The Hall–Kier alpha value is -3.67. The van der Waals surface area contributed by atoms with Gasteiger partial charge in [0.2, 0.25) is 0 Å². The molecule has 4 rings (SSSR count). The van der Waals surface area contributed by atoms with Crippen LogP contribution in [0.3, 0.4) is 0 Å². The van der Waals surface area contributed by atoms with Gasteiger partial charge >= 0.3 is 0 Å². The second-order valence-corrected chi connectivity index (χ2v) is 6.00. The zero-order valence-corrected chi connectivity index (χ0v) is 14.0. The summed E-state index contributed by atoms with van der Waals surface area (Å²) in [7, 11) is 0. The second kappa shape index (κ2) is 6.33. The second-order valence-electron chi connectivity index (χ2n) is 6.00. The number of aromatic nitrogens is 2. The first-order chi connectivity index (χ1) is 12.6. The van der Waals surface area contributed by atoms with Crippen molar-refractivity contribution in [3.05, 3.63) is 72.6 Å². The Morgan fingerprint density at radius 2 is 1.85 bits per heavy atom. The molecule has 0 atom stereocenters. The summed E-state index contributed by atoms with van der Waals surface area (Å²) in [5, 5.41) is 2.04. The summed E-state index contributed by atoms with van der Waals surface area (Å²) in [5.41, 5.74) is 14.3. The molecular formula is C20H17N5O. The van der Waals surface area contributed by atoms with Gasteiger partial charge in [-0.05, 0) is 23.8 Å². The number of hydrogen-bond donors (Lipinski definition) is 2. The van der Waals surface area contributed by atoms with Crippen LogP contribution in [0.2, 0.25) is 0 Å². The zero-order valence-electron chi connectivity index (χ0n) is 14.0. The molecule has 4 N–H and O–H groups in total. The molecule has 0 aliphatic carbocycles. The van der Waals surface area contributed by atoms with E-state index in [9.17, 15) is 4.79 Å². The van der Waals surface area contributed by atoms with E-state index < -0.39 is 0 Å². The number of pyridine rings is 1. The summed E-state index contributed by atoms with van der Waals surface area (Å²) in [6, 6.07) is 17.9. The highest BCUT2D eigenvalue weighted by Gasteiger charge is 2.14. The monoisotopic (exact) mass is 343 g/mol. The van der Waals surface area contributed by atoms with Crippen molar-refractivity contribution in [1.82, 2.24) is 9.55 Å². The number of para-hydroxylation sites is 2. The van der Waals surface area contributed by atoms with Crippen LogP contribution in [0, 0.1) is 0 Å². The fourth-order valence-corrected chi connectivity index (χ4v) is 3.22. The van der Waals surface area contributed by atoms with Crippen LogP contribution in [0.1, 0.15) is 5.56 Å². The van der Waals surface area contributed by atoms with Gasteiger partial charge in [0.05, 0.1) is 23.1 Å². The summed E-state index contributed by atoms with van der Waals surface area (Å²) >= 11 is 0. The van der Waals surface area contributed by atoms with Crippen molar-refractivity contribution in [2.45, 2.75) is 6.42 Å². The van der Waals surface area contributed by atoms with E-state index in [-0.39, 0.29) is 18.3 Å². The van der Waals surface area contributed by atoms with Crippen LogP contribution in [0.4, 0.5) is 0 Å². The van der Waals surface area contributed by atoms with Gasteiger partial charge in [0.1, 0.15) is 0 Å². The molecule has 2 aromatic heterocycles. The smallest absolute Gasteiger partial charge is 0.253 e. The number of rotatable bonds is 3. The van der Waals surface area contributed by atoms with E-state index in [0.717, 1.165) is 33.1 Å². The van der Waals surface area contributed by atoms with E-state index in [4.69, 9.17) is 11.5 Å². The van der Waals surface area contributed by atoms with Gasteiger partial charge < -0.3 is 16.0 Å². The van der Waals surface area contributed by atoms with Gasteiger partial charge in [0, 0.05) is 23.2 Å². The third-order valence-corrected chi connectivity index (χ3v) is 4.26. The average molecular weight is 343 g/mol. The van der Waals surface area contributed by atoms with Crippen LogP contribution < -0.4 is 11.5 Å². The summed E-state index contributed by atoms with van der Waals surface area (Å²) in [6.07, 6.45) is 3.86. The molecule has 0 aliphatic heterocycles. The molecule has 0 aliphatic rings. The molecule has 128 valence electrons. The molecule has 0 bridgehead atoms. The Morgan fingerprint density at radius 1 is 1.04 bits per heavy atom. The van der Waals surface area contributed by atoms with E-state index in [1.807, 2.05) is 60.8 Å². The zero-order chi connectivity index (χ0) is 18.1. The van der Waals surface area contributed by atoms with Gasteiger partial charge in [0.15, 0.2) is 5.96 Å². The van der Waals surface area contributed by atoms with E-state index in [1.165, 1.54) is 0 Å².